The van der Waals surface area contributed by atoms with Gasteiger partial charge in [0.05, 0.1) is 5.60 Å². The van der Waals surface area contributed by atoms with Crippen LogP contribution in [-0.2, 0) is 5.60 Å². The molecule has 0 radical (unpaired) electrons. The van der Waals surface area contributed by atoms with Crippen LogP contribution in [0, 0.1) is 5.92 Å². The Morgan fingerprint density at radius 3 is 2.08 bits per heavy atom. The van der Waals surface area contributed by atoms with Gasteiger partial charge in [0.1, 0.15) is 0 Å². The van der Waals surface area contributed by atoms with Crippen LogP contribution in [0.25, 0.3) is 0 Å². The lowest BCUT2D eigenvalue weighted by atomic mass is 9.85. The fourth-order valence-corrected chi connectivity index (χ4v) is 1.25. The molecule has 2 heteroatoms. The third kappa shape index (κ3) is 2.23. The second-order valence-electron chi connectivity index (χ2n) is 3.81. The highest BCUT2D eigenvalue weighted by Gasteiger charge is 2.26. The minimum Gasteiger partial charge on any atom is -0.385 e. The predicted molar refractivity (Wildman–Crippen MR) is 55.9 cm³/mol. The Kier molecular flexibility index (Phi) is 2.99. The van der Waals surface area contributed by atoms with E-state index < -0.39 is 5.60 Å². The van der Waals surface area contributed by atoms with Crippen LogP contribution in [-0.4, -0.2) is 5.11 Å². The molecule has 13 heavy (non-hydrogen) atoms. The smallest absolute Gasteiger partial charge is 0.0891 e. The summed E-state index contributed by atoms with van der Waals surface area (Å²) in [6.45, 7) is 5.81. The lowest BCUT2D eigenvalue weighted by Crippen LogP contribution is -2.27. The van der Waals surface area contributed by atoms with Crippen LogP contribution >= 0.6 is 11.6 Å². The molecule has 0 bridgehead atoms. The minimum absolute atomic E-state index is 0.189. The van der Waals surface area contributed by atoms with Crippen LogP contribution in [0.15, 0.2) is 24.3 Å². The molecule has 0 aliphatic heterocycles. The molecule has 1 aromatic rings. The van der Waals surface area contributed by atoms with Crippen molar-refractivity contribution in [1.29, 1.82) is 0 Å². The Balaban J connectivity index is 3.01. The summed E-state index contributed by atoms with van der Waals surface area (Å²) >= 11 is 5.76. The quantitative estimate of drug-likeness (QED) is 0.774. The summed E-state index contributed by atoms with van der Waals surface area (Å²) < 4.78 is 0. The molecule has 1 rings (SSSR count). The molecular formula is C11H15ClO. The van der Waals surface area contributed by atoms with Crippen molar-refractivity contribution in [3.05, 3.63) is 34.9 Å². The Morgan fingerprint density at radius 1 is 1.23 bits per heavy atom. The maximum atomic E-state index is 10.1. The summed E-state index contributed by atoms with van der Waals surface area (Å²) in [6, 6.07) is 7.33. The molecule has 0 aliphatic rings. The fourth-order valence-electron chi connectivity index (χ4n) is 1.12. The zero-order valence-electron chi connectivity index (χ0n) is 8.21. The van der Waals surface area contributed by atoms with Crippen molar-refractivity contribution in [2.45, 2.75) is 26.4 Å². The van der Waals surface area contributed by atoms with Gasteiger partial charge >= 0.3 is 0 Å². The van der Waals surface area contributed by atoms with E-state index in [9.17, 15) is 5.11 Å². The molecule has 0 aromatic heterocycles. The first-order valence-electron chi connectivity index (χ1n) is 4.43. The van der Waals surface area contributed by atoms with Gasteiger partial charge in [-0.3, -0.25) is 0 Å². The molecule has 0 amide bonds. The van der Waals surface area contributed by atoms with Crippen LogP contribution in [0.5, 0.6) is 0 Å². The molecule has 1 atom stereocenters. The van der Waals surface area contributed by atoms with Crippen LogP contribution in [0.3, 0.4) is 0 Å². The van der Waals surface area contributed by atoms with Crippen molar-refractivity contribution < 1.29 is 5.11 Å². The van der Waals surface area contributed by atoms with Crippen molar-refractivity contribution in [3.8, 4) is 0 Å². The number of benzene rings is 1. The van der Waals surface area contributed by atoms with E-state index in [0.29, 0.717) is 5.02 Å². The molecule has 1 aromatic carbocycles. The van der Waals surface area contributed by atoms with Crippen molar-refractivity contribution in [2.24, 2.45) is 5.92 Å². The van der Waals surface area contributed by atoms with Gasteiger partial charge in [0.2, 0.25) is 0 Å². The zero-order valence-corrected chi connectivity index (χ0v) is 8.97. The maximum absolute atomic E-state index is 10.1. The monoisotopic (exact) mass is 198 g/mol. The molecule has 0 saturated carbocycles. The van der Waals surface area contributed by atoms with Crippen molar-refractivity contribution >= 4 is 11.6 Å². The number of halogens is 1. The zero-order chi connectivity index (χ0) is 10.1. The molecule has 0 aliphatic carbocycles. The van der Waals surface area contributed by atoms with Crippen LogP contribution < -0.4 is 0 Å². The third-order valence-electron chi connectivity index (χ3n) is 2.55. The summed E-state index contributed by atoms with van der Waals surface area (Å²) in [5.74, 6) is 0.189. The van der Waals surface area contributed by atoms with Gasteiger partial charge in [-0.05, 0) is 30.5 Å². The topological polar surface area (TPSA) is 20.2 Å². The van der Waals surface area contributed by atoms with Crippen LogP contribution in [0.4, 0.5) is 0 Å². The lowest BCUT2D eigenvalue weighted by Gasteiger charge is -2.28. The van der Waals surface area contributed by atoms with E-state index in [0.717, 1.165) is 5.56 Å². The number of aliphatic hydroxyl groups is 1. The average molecular weight is 199 g/mol. The molecule has 72 valence electrons. The lowest BCUT2D eigenvalue weighted by molar-refractivity contribution is 0.00906. The van der Waals surface area contributed by atoms with E-state index in [1.807, 2.05) is 32.9 Å². The number of rotatable bonds is 2. The molecule has 0 unspecified atom stereocenters. The first-order valence-corrected chi connectivity index (χ1v) is 4.81. The van der Waals surface area contributed by atoms with E-state index in [1.165, 1.54) is 0 Å². The van der Waals surface area contributed by atoms with E-state index in [-0.39, 0.29) is 5.92 Å². The van der Waals surface area contributed by atoms with E-state index >= 15 is 0 Å². The number of hydrogen-bond donors (Lipinski definition) is 1. The van der Waals surface area contributed by atoms with Crippen LogP contribution in [0.2, 0.25) is 5.02 Å². The van der Waals surface area contributed by atoms with E-state index in [2.05, 4.69) is 0 Å². The molecule has 0 spiro atoms. The minimum atomic E-state index is -0.773. The predicted octanol–water partition coefficient (Wildman–Crippen LogP) is 3.20. The molecular weight excluding hydrogens is 184 g/mol. The first kappa shape index (κ1) is 10.6. The van der Waals surface area contributed by atoms with Gasteiger partial charge in [-0.2, -0.15) is 0 Å². The Labute approximate surface area is 84.4 Å². The number of hydrogen-bond acceptors (Lipinski definition) is 1. The van der Waals surface area contributed by atoms with Gasteiger partial charge in [0, 0.05) is 5.02 Å². The average Bonchev–Trinajstić information content (AvgIpc) is 2.04. The summed E-state index contributed by atoms with van der Waals surface area (Å²) in [5, 5.41) is 10.8. The molecule has 0 saturated heterocycles. The highest BCUT2D eigenvalue weighted by Crippen LogP contribution is 2.29. The largest absolute Gasteiger partial charge is 0.385 e. The van der Waals surface area contributed by atoms with Crippen molar-refractivity contribution in [1.82, 2.24) is 0 Å². The van der Waals surface area contributed by atoms with Gasteiger partial charge in [-0.15, -0.1) is 0 Å². The van der Waals surface area contributed by atoms with Gasteiger partial charge in [-0.25, -0.2) is 0 Å². The fraction of sp³-hybridized carbons (Fsp3) is 0.455. The Morgan fingerprint density at radius 2 is 1.69 bits per heavy atom. The summed E-state index contributed by atoms with van der Waals surface area (Å²) in [5.41, 5.74) is 0.136. The second-order valence-corrected chi connectivity index (χ2v) is 4.25. The van der Waals surface area contributed by atoms with Gasteiger partial charge in [0.15, 0.2) is 0 Å². The van der Waals surface area contributed by atoms with Crippen molar-refractivity contribution in [3.63, 3.8) is 0 Å². The van der Waals surface area contributed by atoms with Crippen molar-refractivity contribution in [2.75, 3.05) is 0 Å². The molecule has 1 nitrogen and oxygen atoms in total. The van der Waals surface area contributed by atoms with Crippen LogP contribution in [0.1, 0.15) is 26.3 Å². The summed E-state index contributed by atoms with van der Waals surface area (Å²) in [6.07, 6.45) is 0. The second kappa shape index (κ2) is 3.69. The maximum Gasteiger partial charge on any atom is 0.0891 e. The summed E-state index contributed by atoms with van der Waals surface area (Å²) in [7, 11) is 0. The van der Waals surface area contributed by atoms with E-state index in [4.69, 9.17) is 11.6 Å². The first-order chi connectivity index (χ1) is 5.94. The highest BCUT2D eigenvalue weighted by molar-refractivity contribution is 6.30. The Bertz CT molecular complexity index is 275. The Hall–Kier alpha value is -0.530. The molecule has 0 fully saturated rings. The summed E-state index contributed by atoms with van der Waals surface area (Å²) in [4.78, 5) is 0. The molecule has 0 heterocycles. The van der Waals surface area contributed by atoms with Gasteiger partial charge in [0.25, 0.3) is 0 Å². The highest BCUT2D eigenvalue weighted by atomic mass is 35.5. The third-order valence-corrected chi connectivity index (χ3v) is 2.80. The standard InChI is InChI=1S/C11H15ClO/c1-8(2)11(3,13)9-4-6-10(12)7-5-9/h4-8,13H,1-3H3/t11-/m1/s1. The van der Waals surface area contributed by atoms with E-state index in [1.54, 1.807) is 12.1 Å². The normalized spacial score (nSPS) is 15.8. The van der Waals surface area contributed by atoms with Gasteiger partial charge < -0.3 is 5.11 Å². The molecule has 1 N–H and O–H groups in total. The van der Waals surface area contributed by atoms with Gasteiger partial charge in [-0.1, -0.05) is 37.6 Å². The SMILES string of the molecule is CC(C)[C@@](C)(O)c1ccc(Cl)cc1.